The smallest absolute Gasteiger partial charge is 0.230 e. The molecule has 7 heteroatoms. The number of pyridine rings is 1. The Morgan fingerprint density at radius 2 is 2.21 bits per heavy atom. The number of aliphatic carboxylic acids is 1. The van der Waals surface area contributed by atoms with Crippen LogP contribution in [0.5, 0.6) is 0 Å². The van der Waals surface area contributed by atoms with Gasteiger partial charge in [-0.3, -0.25) is 4.79 Å². The Bertz CT molecular complexity index is 552. The molecule has 0 bridgehead atoms. The van der Waals surface area contributed by atoms with E-state index in [1.165, 1.54) is 0 Å². The van der Waals surface area contributed by atoms with Crippen LogP contribution in [0.3, 0.4) is 0 Å². The zero-order valence-corrected chi connectivity index (χ0v) is 11.3. The number of aromatic nitrogens is 1. The highest BCUT2D eigenvalue weighted by Gasteiger charge is 2.11. The Morgan fingerprint density at radius 1 is 1.53 bits per heavy atom. The minimum absolute atomic E-state index is 0.00213. The number of hydrogen-bond acceptors (Lipinski definition) is 6. The van der Waals surface area contributed by atoms with Gasteiger partial charge in [-0.25, -0.2) is 4.98 Å². The SMILES string of the molecule is Cc1cc(C)c(C#N)c(SCC(=O)NCC(=O)[O-])n1. The van der Waals surface area contributed by atoms with E-state index in [9.17, 15) is 14.7 Å². The summed E-state index contributed by atoms with van der Waals surface area (Å²) in [6.07, 6.45) is 0. The van der Waals surface area contributed by atoms with Crippen LogP contribution in [0.1, 0.15) is 16.8 Å². The molecule has 1 aromatic heterocycles. The number of rotatable bonds is 5. The van der Waals surface area contributed by atoms with Gasteiger partial charge in [-0.2, -0.15) is 5.26 Å². The summed E-state index contributed by atoms with van der Waals surface area (Å²) in [7, 11) is 0. The number of carboxylic acid groups (broad SMARTS) is 1. The quantitative estimate of drug-likeness (QED) is 0.730. The summed E-state index contributed by atoms with van der Waals surface area (Å²) < 4.78 is 0. The third-order valence-corrected chi connectivity index (χ3v) is 3.17. The van der Waals surface area contributed by atoms with Crippen molar-refractivity contribution < 1.29 is 14.7 Å². The first-order valence-corrected chi connectivity index (χ1v) is 6.40. The van der Waals surface area contributed by atoms with E-state index in [0.29, 0.717) is 10.6 Å². The van der Waals surface area contributed by atoms with Crippen LogP contribution in [0.15, 0.2) is 11.1 Å². The number of nitrogens with one attached hydrogen (secondary N) is 1. The topological polar surface area (TPSA) is 106 Å². The number of carbonyl (C=O) groups excluding carboxylic acids is 2. The molecule has 19 heavy (non-hydrogen) atoms. The predicted molar refractivity (Wildman–Crippen MR) is 67.2 cm³/mol. The van der Waals surface area contributed by atoms with Crippen molar-refractivity contribution >= 4 is 23.6 Å². The summed E-state index contributed by atoms with van der Waals surface area (Å²) in [6, 6.07) is 3.84. The first-order valence-electron chi connectivity index (χ1n) is 5.41. The highest BCUT2D eigenvalue weighted by atomic mass is 32.2. The maximum atomic E-state index is 11.4. The van der Waals surface area contributed by atoms with Gasteiger partial charge in [-0.05, 0) is 25.5 Å². The molecule has 1 aromatic rings. The Labute approximate surface area is 114 Å². The second kappa shape index (κ2) is 6.75. The third-order valence-electron chi connectivity index (χ3n) is 2.19. The predicted octanol–water partition coefficient (Wildman–Crippen LogP) is -0.472. The molecule has 0 unspecified atom stereocenters. The fourth-order valence-electron chi connectivity index (χ4n) is 1.40. The summed E-state index contributed by atoms with van der Waals surface area (Å²) >= 11 is 1.10. The third kappa shape index (κ3) is 4.60. The number of nitriles is 1. The zero-order chi connectivity index (χ0) is 14.4. The van der Waals surface area contributed by atoms with Gasteiger partial charge in [0.05, 0.1) is 23.8 Å². The largest absolute Gasteiger partial charge is 0.548 e. The minimum Gasteiger partial charge on any atom is -0.548 e. The van der Waals surface area contributed by atoms with Crippen molar-refractivity contribution in [2.45, 2.75) is 18.9 Å². The van der Waals surface area contributed by atoms with Crippen LogP contribution in [0.4, 0.5) is 0 Å². The van der Waals surface area contributed by atoms with Crippen LogP contribution < -0.4 is 10.4 Å². The van der Waals surface area contributed by atoms with E-state index in [-0.39, 0.29) is 5.75 Å². The van der Waals surface area contributed by atoms with Gasteiger partial charge in [0.15, 0.2) is 0 Å². The molecular weight excluding hydrogens is 266 g/mol. The van der Waals surface area contributed by atoms with Crippen LogP contribution in [0.25, 0.3) is 0 Å². The number of carbonyl (C=O) groups is 2. The molecule has 1 amide bonds. The lowest BCUT2D eigenvalue weighted by Crippen LogP contribution is -2.38. The second-order valence-electron chi connectivity index (χ2n) is 3.81. The van der Waals surface area contributed by atoms with Crippen molar-refractivity contribution in [2.75, 3.05) is 12.3 Å². The van der Waals surface area contributed by atoms with E-state index in [4.69, 9.17) is 5.26 Å². The van der Waals surface area contributed by atoms with Crippen molar-refractivity contribution in [3.63, 3.8) is 0 Å². The van der Waals surface area contributed by atoms with Gasteiger partial charge >= 0.3 is 0 Å². The molecule has 0 fully saturated rings. The molecule has 6 nitrogen and oxygen atoms in total. The Morgan fingerprint density at radius 3 is 2.79 bits per heavy atom. The fraction of sp³-hybridized carbons (Fsp3) is 0.333. The molecule has 0 aliphatic carbocycles. The van der Waals surface area contributed by atoms with Crippen LogP contribution in [-0.2, 0) is 9.59 Å². The number of carboxylic acids is 1. The van der Waals surface area contributed by atoms with Crippen molar-refractivity contribution in [3.05, 3.63) is 22.9 Å². The summed E-state index contributed by atoms with van der Waals surface area (Å²) in [6.45, 7) is 3.08. The number of nitrogens with zero attached hydrogens (tertiary/aromatic N) is 2. The molecular formula is C12H12N3O3S-. The van der Waals surface area contributed by atoms with Crippen molar-refractivity contribution in [3.8, 4) is 6.07 Å². The zero-order valence-electron chi connectivity index (χ0n) is 10.5. The summed E-state index contributed by atoms with van der Waals surface area (Å²) in [5.41, 5.74) is 1.99. The highest BCUT2D eigenvalue weighted by Crippen LogP contribution is 2.23. The first-order chi connectivity index (χ1) is 8.93. The van der Waals surface area contributed by atoms with E-state index in [2.05, 4.69) is 10.3 Å². The monoisotopic (exact) mass is 278 g/mol. The van der Waals surface area contributed by atoms with Crippen LogP contribution in [0.2, 0.25) is 0 Å². The van der Waals surface area contributed by atoms with Gasteiger partial charge < -0.3 is 15.2 Å². The van der Waals surface area contributed by atoms with Gasteiger partial charge in [-0.1, -0.05) is 11.8 Å². The summed E-state index contributed by atoms with van der Waals surface area (Å²) in [5, 5.41) is 21.9. The molecule has 1 N–H and O–H groups in total. The molecule has 1 heterocycles. The normalized spacial score (nSPS) is 9.74. The molecule has 0 aliphatic rings. The lowest BCUT2D eigenvalue weighted by Gasteiger charge is -2.08. The lowest BCUT2D eigenvalue weighted by atomic mass is 10.1. The first kappa shape index (κ1) is 15.0. The summed E-state index contributed by atoms with van der Waals surface area (Å²) in [4.78, 5) is 25.7. The number of thioether (sulfide) groups is 1. The Kier molecular flexibility index (Phi) is 5.33. The van der Waals surface area contributed by atoms with Crippen molar-refractivity contribution in [1.82, 2.24) is 10.3 Å². The van der Waals surface area contributed by atoms with E-state index < -0.39 is 18.4 Å². The Hall–Kier alpha value is -2.07. The van der Waals surface area contributed by atoms with Crippen LogP contribution >= 0.6 is 11.8 Å². The molecule has 0 radical (unpaired) electrons. The van der Waals surface area contributed by atoms with Crippen molar-refractivity contribution in [1.29, 1.82) is 5.26 Å². The molecule has 1 rings (SSSR count). The van der Waals surface area contributed by atoms with E-state index in [0.717, 1.165) is 23.0 Å². The maximum Gasteiger partial charge on any atom is 0.230 e. The number of amides is 1. The standard InChI is InChI=1S/C12H13N3O3S/c1-7-3-8(2)15-12(9(7)4-13)19-6-10(16)14-5-11(17)18/h3H,5-6H2,1-2H3,(H,14,16)(H,17,18)/p-1. The van der Waals surface area contributed by atoms with Gasteiger partial charge in [0.25, 0.3) is 0 Å². The van der Waals surface area contributed by atoms with Gasteiger partial charge in [-0.15, -0.1) is 0 Å². The Balaban J connectivity index is 2.70. The average molecular weight is 278 g/mol. The fourth-order valence-corrected chi connectivity index (χ4v) is 2.33. The van der Waals surface area contributed by atoms with Crippen molar-refractivity contribution in [2.24, 2.45) is 0 Å². The van der Waals surface area contributed by atoms with Gasteiger partial charge in [0.1, 0.15) is 11.1 Å². The van der Waals surface area contributed by atoms with E-state index in [1.807, 2.05) is 6.07 Å². The average Bonchev–Trinajstić information content (AvgIpc) is 2.33. The maximum absolute atomic E-state index is 11.4. The van der Waals surface area contributed by atoms with Gasteiger partial charge in [0.2, 0.25) is 5.91 Å². The van der Waals surface area contributed by atoms with Gasteiger partial charge in [0, 0.05) is 5.69 Å². The second-order valence-corrected chi connectivity index (χ2v) is 4.77. The highest BCUT2D eigenvalue weighted by molar-refractivity contribution is 8.00. The number of aryl methyl sites for hydroxylation is 2. The molecule has 100 valence electrons. The van der Waals surface area contributed by atoms with E-state index in [1.54, 1.807) is 19.9 Å². The number of hydrogen-bond donors (Lipinski definition) is 1. The van der Waals surface area contributed by atoms with Crippen LogP contribution in [-0.4, -0.2) is 29.2 Å². The molecule has 0 atom stereocenters. The molecule has 0 aromatic carbocycles. The molecule has 0 spiro atoms. The summed E-state index contributed by atoms with van der Waals surface area (Å²) in [5.74, 6) is -1.79. The molecule has 0 saturated carbocycles. The van der Waals surface area contributed by atoms with E-state index >= 15 is 0 Å². The molecule has 0 saturated heterocycles. The van der Waals surface area contributed by atoms with Crippen LogP contribution in [0, 0.1) is 25.2 Å². The molecule has 0 aliphatic heterocycles. The lowest BCUT2D eigenvalue weighted by molar-refractivity contribution is -0.303. The minimum atomic E-state index is -1.35.